The molecule has 0 radical (unpaired) electrons. The van der Waals surface area contributed by atoms with Gasteiger partial charge in [0.15, 0.2) is 0 Å². The lowest BCUT2D eigenvalue weighted by molar-refractivity contribution is -0.0837. The zero-order chi connectivity index (χ0) is 13.9. The van der Waals surface area contributed by atoms with Gasteiger partial charge in [-0.1, -0.05) is 36.2 Å². The number of rotatable bonds is 6. The van der Waals surface area contributed by atoms with Gasteiger partial charge in [0.25, 0.3) is 0 Å². The Labute approximate surface area is 125 Å². The highest BCUT2D eigenvalue weighted by Gasteiger charge is 2.39. The van der Waals surface area contributed by atoms with E-state index >= 15 is 0 Å². The molecular formula is C15H21Cl2NO. The van der Waals surface area contributed by atoms with Crippen LogP contribution in [-0.4, -0.2) is 19.3 Å². The van der Waals surface area contributed by atoms with E-state index in [2.05, 4.69) is 12.2 Å². The third kappa shape index (κ3) is 3.43. The van der Waals surface area contributed by atoms with E-state index in [1.165, 1.54) is 6.42 Å². The number of ether oxygens (including phenoxy) is 1. The number of benzene rings is 1. The van der Waals surface area contributed by atoms with Crippen molar-refractivity contribution in [2.24, 2.45) is 0 Å². The summed E-state index contributed by atoms with van der Waals surface area (Å²) in [6, 6.07) is 5.94. The van der Waals surface area contributed by atoms with Gasteiger partial charge in [0.1, 0.15) is 0 Å². The first-order chi connectivity index (χ1) is 9.10. The maximum atomic E-state index is 6.33. The molecule has 106 valence electrons. The molecule has 1 aliphatic rings. The standard InChI is InChI=1S/C15H21Cl2NO/c1-3-18-14(10-15(19-2)7-4-8-15)12-6-5-11(16)9-13(12)17/h5-6,9,14,18H,3-4,7-8,10H2,1-2H3. The van der Waals surface area contributed by atoms with E-state index in [0.29, 0.717) is 5.02 Å². The maximum absolute atomic E-state index is 6.33. The molecule has 2 rings (SSSR count). The summed E-state index contributed by atoms with van der Waals surface area (Å²) in [5.74, 6) is 0. The second-order valence-corrected chi connectivity index (χ2v) is 6.06. The summed E-state index contributed by atoms with van der Waals surface area (Å²) in [4.78, 5) is 0. The fourth-order valence-electron chi connectivity index (χ4n) is 2.76. The molecule has 0 heterocycles. The van der Waals surface area contributed by atoms with Crippen LogP contribution in [0.15, 0.2) is 18.2 Å². The first kappa shape index (κ1) is 15.1. The minimum atomic E-state index is 0.0236. The zero-order valence-corrected chi connectivity index (χ0v) is 13.0. The Hall–Kier alpha value is -0.280. The molecule has 1 saturated carbocycles. The Morgan fingerprint density at radius 1 is 1.37 bits per heavy atom. The van der Waals surface area contributed by atoms with Crippen molar-refractivity contribution in [3.63, 3.8) is 0 Å². The Bertz CT molecular complexity index is 427. The second kappa shape index (κ2) is 6.45. The fraction of sp³-hybridized carbons (Fsp3) is 0.600. The zero-order valence-electron chi connectivity index (χ0n) is 11.5. The van der Waals surface area contributed by atoms with E-state index in [-0.39, 0.29) is 11.6 Å². The molecule has 2 nitrogen and oxygen atoms in total. The normalized spacial score (nSPS) is 18.9. The molecule has 0 spiro atoms. The minimum absolute atomic E-state index is 0.0236. The van der Waals surface area contributed by atoms with Gasteiger partial charge in [-0.25, -0.2) is 0 Å². The Morgan fingerprint density at radius 3 is 2.58 bits per heavy atom. The summed E-state index contributed by atoms with van der Waals surface area (Å²) in [7, 11) is 1.81. The summed E-state index contributed by atoms with van der Waals surface area (Å²) in [6.45, 7) is 3.01. The average Bonchev–Trinajstić information content (AvgIpc) is 2.33. The highest BCUT2D eigenvalue weighted by Crippen LogP contribution is 2.43. The lowest BCUT2D eigenvalue weighted by Gasteiger charge is -2.43. The average molecular weight is 302 g/mol. The van der Waals surface area contributed by atoms with Crippen molar-refractivity contribution in [1.82, 2.24) is 5.32 Å². The van der Waals surface area contributed by atoms with E-state index in [9.17, 15) is 0 Å². The van der Waals surface area contributed by atoms with Crippen LogP contribution < -0.4 is 5.32 Å². The summed E-state index contributed by atoms with van der Waals surface area (Å²) in [6.07, 6.45) is 4.48. The number of hydrogen-bond donors (Lipinski definition) is 1. The van der Waals surface area contributed by atoms with Crippen LogP contribution in [0.3, 0.4) is 0 Å². The summed E-state index contributed by atoms with van der Waals surface area (Å²) in [5, 5.41) is 4.91. The van der Waals surface area contributed by atoms with E-state index in [1.807, 2.05) is 25.3 Å². The predicted molar refractivity (Wildman–Crippen MR) is 81.1 cm³/mol. The van der Waals surface area contributed by atoms with Gasteiger partial charge in [-0.2, -0.15) is 0 Å². The van der Waals surface area contributed by atoms with Gasteiger partial charge in [0, 0.05) is 23.2 Å². The van der Waals surface area contributed by atoms with Crippen LogP contribution in [0, 0.1) is 0 Å². The molecule has 1 fully saturated rings. The quantitative estimate of drug-likeness (QED) is 0.829. The summed E-state index contributed by atoms with van der Waals surface area (Å²) >= 11 is 12.3. The molecule has 0 aromatic heterocycles. The maximum Gasteiger partial charge on any atom is 0.0697 e. The molecule has 0 saturated heterocycles. The molecule has 0 aliphatic heterocycles. The molecule has 19 heavy (non-hydrogen) atoms. The van der Waals surface area contributed by atoms with Crippen LogP contribution in [0.25, 0.3) is 0 Å². The first-order valence-corrected chi connectivity index (χ1v) is 7.59. The lowest BCUT2D eigenvalue weighted by Crippen LogP contribution is -2.42. The number of hydrogen-bond acceptors (Lipinski definition) is 2. The lowest BCUT2D eigenvalue weighted by atomic mass is 9.74. The third-order valence-electron chi connectivity index (χ3n) is 4.06. The van der Waals surface area contributed by atoms with Crippen LogP contribution in [0.5, 0.6) is 0 Å². The van der Waals surface area contributed by atoms with Crippen LogP contribution >= 0.6 is 23.2 Å². The van der Waals surface area contributed by atoms with Crippen LogP contribution in [0.1, 0.15) is 44.2 Å². The van der Waals surface area contributed by atoms with Crippen molar-refractivity contribution in [3.05, 3.63) is 33.8 Å². The van der Waals surface area contributed by atoms with E-state index in [0.717, 1.165) is 36.4 Å². The molecule has 1 N–H and O–H groups in total. The molecule has 1 aliphatic carbocycles. The smallest absolute Gasteiger partial charge is 0.0697 e. The summed E-state index contributed by atoms with van der Waals surface area (Å²) in [5.41, 5.74) is 1.13. The minimum Gasteiger partial charge on any atom is -0.378 e. The molecule has 0 bridgehead atoms. The third-order valence-corrected chi connectivity index (χ3v) is 4.62. The summed E-state index contributed by atoms with van der Waals surface area (Å²) < 4.78 is 5.73. The fourth-order valence-corrected chi connectivity index (χ4v) is 3.30. The van der Waals surface area contributed by atoms with Gasteiger partial charge < -0.3 is 10.1 Å². The van der Waals surface area contributed by atoms with Gasteiger partial charge in [-0.05, 0) is 49.9 Å². The van der Waals surface area contributed by atoms with Crippen molar-refractivity contribution in [1.29, 1.82) is 0 Å². The highest BCUT2D eigenvalue weighted by atomic mass is 35.5. The SMILES string of the molecule is CCNC(CC1(OC)CCC1)c1ccc(Cl)cc1Cl. The second-order valence-electron chi connectivity index (χ2n) is 5.22. The first-order valence-electron chi connectivity index (χ1n) is 6.84. The Balaban J connectivity index is 2.19. The van der Waals surface area contributed by atoms with Gasteiger partial charge >= 0.3 is 0 Å². The van der Waals surface area contributed by atoms with Gasteiger partial charge in [0.05, 0.1) is 5.60 Å². The van der Waals surface area contributed by atoms with Gasteiger partial charge in [-0.3, -0.25) is 0 Å². The van der Waals surface area contributed by atoms with Crippen molar-refractivity contribution in [2.75, 3.05) is 13.7 Å². The monoisotopic (exact) mass is 301 g/mol. The molecule has 1 atom stereocenters. The van der Waals surface area contributed by atoms with E-state index < -0.39 is 0 Å². The van der Waals surface area contributed by atoms with Crippen molar-refractivity contribution < 1.29 is 4.74 Å². The van der Waals surface area contributed by atoms with Gasteiger partial charge in [-0.15, -0.1) is 0 Å². The van der Waals surface area contributed by atoms with Crippen molar-refractivity contribution >= 4 is 23.2 Å². The molecule has 1 unspecified atom stereocenters. The number of halogens is 2. The van der Waals surface area contributed by atoms with Crippen molar-refractivity contribution in [2.45, 2.75) is 44.2 Å². The molecular weight excluding hydrogens is 281 g/mol. The molecule has 0 amide bonds. The van der Waals surface area contributed by atoms with Crippen LogP contribution in [-0.2, 0) is 4.74 Å². The number of methoxy groups -OCH3 is 1. The molecule has 1 aromatic carbocycles. The number of nitrogens with one attached hydrogen (secondary N) is 1. The Morgan fingerprint density at radius 2 is 2.11 bits per heavy atom. The van der Waals surface area contributed by atoms with Crippen molar-refractivity contribution in [3.8, 4) is 0 Å². The molecule has 1 aromatic rings. The molecule has 4 heteroatoms. The van der Waals surface area contributed by atoms with Crippen LogP contribution in [0.2, 0.25) is 10.0 Å². The largest absolute Gasteiger partial charge is 0.378 e. The highest BCUT2D eigenvalue weighted by molar-refractivity contribution is 6.35. The predicted octanol–water partition coefficient (Wildman–Crippen LogP) is 4.60. The van der Waals surface area contributed by atoms with Crippen LogP contribution in [0.4, 0.5) is 0 Å². The van der Waals surface area contributed by atoms with E-state index in [1.54, 1.807) is 0 Å². The van der Waals surface area contributed by atoms with E-state index in [4.69, 9.17) is 27.9 Å². The van der Waals surface area contributed by atoms with Gasteiger partial charge in [0.2, 0.25) is 0 Å². The Kier molecular flexibility index (Phi) is 5.13. The topological polar surface area (TPSA) is 21.3 Å².